The van der Waals surface area contributed by atoms with Crippen LogP contribution in [0, 0.1) is 0 Å². The van der Waals surface area contributed by atoms with Gasteiger partial charge in [0.25, 0.3) is 0 Å². The molecule has 5 heteroatoms. The molecule has 0 aromatic rings. The predicted molar refractivity (Wildman–Crippen MR) is 42.0 cm³/mol. The molecule has 0 radical (unpaired) electrons. The Morgan fingerprint density at radius 2 is 2.55 bits per heavy atom. The summed E-state index contributed by atoms with van der Waals surface area (Å²) in [5.41, 5.74) is 6.72. The third kappa shape index (κ3) is 6.36. The first-order valence-corrected chi connectivity index (χ1v) is 3.07. The van der Waals surface area contributed by atoms with Crippen LogP contribution in [-0.4, -0.2) is 18.9 Å². The minimum absolute atomic E-state index is 0.376. The topological polar surface area (TPSA) is 76.7 Å². The van der Waals surface area contributed by atoms with Crippen molar-refractivity contribution < 1.29 is 9.53 Å². The first-order chi connectivity index (χ1) is 5.16. The van der Waals surface area contributed by atoms with Gasteiger partial charge < -0.3 is 10.5 Å². The average Bonchev–Trinajstić information content (AvgIpc) is 1.87. The van der Waals surface area contributed by atoms with Crippen LogP contribution in [0.2, 0.25) is 0 Å². The lowest BCUT2D eigenvalue weighted by Gasteiger charge is -1.98. The van der Waals surface area contributed by atoms with Gasteiger partial charge in [-0.25, -0.2) is 10.2 Å². The van der Waals surface area contributed by atoms with Crippen LogP contribution in [0.25, 0.3) is 0 Å². The number of rotatable bonds is 4. The summed E-state index contributed by atoms with van der Waals surface area (Å²) in [4.78, 5) is 10.1. The average molecular weight is 157 g/mol. The number of carbonyl (C=O) groups excluding carboxylic acids is 1. The Morgan fingerprint density at radius 3 is 3.00 bits per heavy atom. The molecule has 11 heavy (non-hydrogen) atoms. The zero-order chi connectivity index (χ0) is 8.69. The second-order valence-corrected chi connectivity index (χ2v) is 1.63. The summed E-state index contributed by atoms with van der Waals surface area (Å²) in [6, 6.07) is -0.717. The number of ether oxygens (including phenoxy) is 1. The number of hydrazone groups is 1. The number of primary amides is 1. The van der Waals surface area contributed by atoms with Crippen LogP contribution in [0.1, 0.15) is 6.92 Å². The number of nitrogens with zero attached hydrogens (tertiary/aromatic N) is 1. The molecule has 0 spiro atoms. The third-order valence-electron chi connectivity index (χ3n) is 0.713. The van der Waals surface area contributed by atoms with E-state index in [9.17, 15) is 4.79 Å². The molecule has 0 rings (SSSR count). The molecule has 0 bridgehead atoms. The molecule has 0 aliphatic carbocycles. The number of amides is 2. The number of nitrogens with two attached hydrogens (primary N) is 1. The summed E-state index contributed by atoms with van der Waals surface area (Å²) >= 11 is 0. The summed E-state index contributed by atoms with van der Waals surface area (Å²) in [5, 5.41) is 3.42. The molecular formula is C6H11N3O2. The van der Waals surface area contributed by atoms with Crippen LogP contribution in [0.3, 0.4) is 0 Å². The van der Waals surface area contributed by atoms with E-state index in [0.717, 1.165) is 0 Å². The van der Waals surface area contributed by atoms with Crippen molar-refractivity contribution in [2.75, 3.05) is 6.61 Å². The summed E-state index contributed by atoms with van der Waals surface area (Å²) in [6.45, 7) is 5.81. The molecule has 2 amide bonds. The van der Waals surface area contributed by atoms with E-state index < -0.39 is 6.03 Å². The fourth-order valence-corrected chi connectivity index (χ4v) is 0.391. The Bertz CT molecular complexity index is 177. The molecule has 0 fully saturated rings. The fourth-order valence-electron chi connectivity index (χ4n) is 0.391. The highest BCUT2D eigenvalue weighted by atomic mass is 16.5. The fraction of sp³-hybridized carbons (Fsp3) is 0.333. The molecule has 0 saturated heterocycles. The molecule has 0 atom stereocenters. The number of hydrogen-bond donors (Lipinski definition) is 2. The van der Waals surface area contributed by atoms with Gasteiger partial charge in [0.1, 0.15) is 5.76 Å². The van der Waals surface area contributed by atoms with Crippen molar-refractivity contribution in [1.29, 1.82) is 0 Å². The van der Waals surface area contributed by atoms with Gasteiger partial charge in [-0.1, -0.05) is 6.58 Å². The van der Waals surface area contributed by atoms with Crippen molar-refractivity contribution in [3.05, 3.63) is 12.3 Å². The van der Waals surface area contributed by atoms with Gasteiger partial charge in [-0.15, -0.1) is 0 Å². The van der Waals surface area contributed by atoms with Crippen LogP contribution in [0.15, 0.2) is 17.4 Å². The largest absolute Gasteiger partial charge is 0.493 e. The minimum Gasteiger partial charge on any atom is -0.493 e. The maximum Gasteiger partial charge on any atom is 0.332 e. The Balaban J connectivity index is 3.56. The monoisotopic (exact) mass is 157 g/mol. The van der Waals surface area contributed by atoms with Gasteiger partial charge in [0.05, 0.1) is 12.8 Å². The quantitative estimate of drug-likeness (QED) is 0.347. The lowest BCUT2D eigenvalue weighted by Crippen LogP contribution is -2.24. The normalized spacial score (nSPS) is 9.55. The molecular weight excluding hydrogens is 146 g/mol. The van der Waals surface area contributed by atoms with E-state index in [1.807, 2.05) is 12.3 Å². The number of carbonyl (C=O) groups is 1. The maximum absolute atomic E-state index is 10.1. The standard InChI is InChI=1S/C6H11N3O2/c1-3-11-5(2)4-8-9-6(7)10/h4H,2-3H2,1H3,(H3,7,9,10)/b8-4+. The van der Waals surface area contributed by atoms with Crippen LogP contribution < -0.4 is 11.2 Å². The van der Waals surface area contributed by atoms with Crippen LogP contribution in [-0.2, 0) is 4.74 Å². The highest BCUT2D eigenvalue weighted by Gasteiger charge is 1.86. The van der Waals surface area contributed by atoms with Crippen LogP contribution in [0.4, 0.5) is 4.79 Å². The molecule has 0 aromatic carbocycles. The van der Waals surface area contributed by atoms with Crippen LogP contribution >= 0.6 is 0 Å². The van der Waals surface area contributed by atoms with E-state index in [0.29, 0.717) is 12.4 Å². The lowest BCUT2D eigenvalue weighted by molar-refractivity contribution is 0.248. The molecule has 62 valence electrons. The zero-order valence-corrected chi connectivity index (χ0v) is 6.33. The molecule has 0 aliphatic heterocycles. The van der Waals surface area contributed by atoms with Gasteiger partial charge in [0.2, 0.25) is 0 Å². The Kier molecular flexibility index (Phi) is 4.55. The second-order valence-electron chi connectivity index (χ2n) is 1.63. The van der Waals surface area contributed by atoms with Crippen molar-refractivity contribution in [2.24, 2.45) is 10.8 Å². The Morgan fingerprint density at radius 1 is 1.91 bits per heavy atom. The number of urea groups is 1. The SMILES string of the molecule is C=C(/C=N/NC(N)=O)OCC. The molecule has 0 aliphatic rings. The molecule has 0 heterocycles. The molecule has 5 nitrogen and oxygen atoms in total. The first-order valence-electron chi connectivity index (χ1n) is 3.07. The number of hydrogen-bond acceptors (Lipinski definition) is 3. The number of nitrogens with one attached hydrogen (secondary N) is 1. The van der Waals surface area contributed by atoms with E-state index in [2.05, 4.69) is 11.7 Å². The predicted octanol–water partition coefficient (Wildman–Crippen LogP) is 0.191. The first kappa shape index (κ1) is 9.48. The van der Waals surface area contributed by atoms with E-state index in [1.165, 1.54) is 6.21 Å². The lowest BCUT2D eigenvalue weighted by atomic mass is 10.6. The zero-order valence-electron chi connectivity index (χ0n) is 6.33. The minimum atomic E-state index is -0.717. The van der Waals surface area contributed by atoms with E-state index in [-0.39, 0.29) is 0 Å². The van der Waals surface area contributed by atoms with Gasteiger partial charge in [-0.05, 0) is 6.92 Å². The molecule has 3 N–H and O–H groups in total. The summed E-state index contributed by atoms with van der Waals surface area (Å²) in [5.74, 6) is 0.376. The molecule has 0 unspecified atom stereocenters. The maximum atomic E-state index is 10.1. The van der Waals surface area contributed by atoms with Crippen molar-refractivity contribution in [3.63, 3.8) is 0 Å². The van der Waals surface area contributed by atoms with Crippen molar-refractivity contribution in [1.82, 2.24) is 5.43 Å². The van der Waals surface area contributed by atoms with E-state index in [1.54, 1.807) is 0 Å². The Labute approximate surface area is 64.9 Å². The highest BCUT2D eigenvalue weighted by Crippen LogP contribution is 1.86. The smallest absolute Gasteiger partial charge is 0.332 e. The van der Waals surface area contributed by atoms with Gasteiger partial charge in [-0.2, -0.15) is 5.10 Å². The molecule has 0 aromatic heterocycles. The number of allylic oxidation sites excluding steroid dienone is 1. The summed E-state index contributed by atoms with van der Waals surface area (Å²) in [6.07, 6.45) is 1.27. The summed E-state index contributed by atoms with van der Waals surface area (Å²) in [7, 11) is 0. The summed E-state index contributed by atoms with van der Waals surface area (Å²) < 4.78 is 4.89. The second kappa shape index (κ2) is 5.28. The van der Waals surface area contributed by atoms with Gasteiger partial charge in [0, 0.05) is 0 Å². The van der Waals surface area contributed by atoms with Crippen molar-refractivity contribution in [2.45, 2.75) is 6.92 Å². The van der Waals surface area contributed by atoms with Gasteiger partial charge >= 0.3 is 6.03 Å². The van der Waals surface area contributed by atoms with Crippen LogP contribution in [0.5, 0.6) is 0 Å². The highest BCUT2D eigenvalue weighted by molar-refractivity contribution is 5.78. The van der Waals surface area contributed by atoms with E-state index in [4.69, 9.17) is 10.5 Å². The van der Waals surface area contributed by atoms with Gasteiger partial charge in [-0.3, -0.25) is 0 Å². The van der Waals surface area contributed by atoms with Crippen molar-refractivity contribution in [3.8, 4) is 0 Å². The molecule has 0 saturated carbocycles. The Hall–Kier alpha value is -1.52. The third-order valence-corrected chi connectivity index (χ3v) is 0.713. The van der Waals surface area contributed by atoms with Gasteiger partial charge in [0.15, 0.2) is 0 Å². The van der Waals surface area contributed by atoms with Crippen molar-refractivity contribution >= 4 is 12.2 Å². The van der Waals surface area contributed by atoms with E-state index >= 15 is 0 Å².